The highest BCUT2D eigenvalue weighted by Gasteiger charge is 2.33. The number of likely N-dealkylation sites (tertiary alicyclic amines) is 2. The van der Waals surface area contributed by atoms with E-state index in [1.54, 1.807) is 4.90 Å². The van der Waals surface area contributed by atoms with Gasteiger partial charge < -0.3 is 19.8 Å². The molecule has 0 spiro atoms. The average molecular weight is 227 g/mol. The summed E-state index contributed by atoms with van der Waals surface area (Å²) in [5.74, 6) is 0. The molecule has 2 fully saturated rings. The maximum Gasteiger partial charge on any atom is 0.320 e. The monoisotopic (exact) mass is 227 g/mol. The molecule has 2 aliphatic heterocycles. The Balaban J connectivity index is 1.87. The van der Waals surface area contributed by atoms with Crippen molar-refractivity contribution in [2.24, 2.45) is 0 Å². The van der Waals surface area contributed by atoms with Gasteiger partial charge in [0.2, 0.25) is 0 Å². The zero-order valence-corrected chi connectivity index (χ0v) is 10.1. The maximum absolute atomic E-state index is 12.1. The van der Waals surface area contributed by atoms with E-state index in [0.717, 1.165) is 25.9 Å². The van der Waals surface area contributed by atoms with Gasteiger partial charge in [0, 0.05) is 32.2 Å². The van der Waals surface area contributed by atoms with Crippen LogP contribution < -0.4 is 0 Å². The molecule has 1 N–H and O–H groups in total. The number of hydrogen-bond donors (Lipinski definition) is 1. The Labute approximate surface area is 96.6 Å². The van der Waals surface area contributed by atoms with Gasteiger partial charge in [-0.05, 0) is 26.9 Å². The number of β-amino-alcohol motifs (C(OH)–C–C–N with tert-alkyl or cyclic N) is 1. The summed E-state index contributed by atoms with van der Waals surface area (Å²) >= 11 is 0. The first kappa shape index (κ1) is 11.7. The molecule has 0 bridgehead atoms. The highest BCUT2D eigenvalue weighted by molar-refractivity contribution is 5.75. The first-order chi connectivity index (χ1) is 7.58. The molecule has 16 heavy (non-hydrogen) atoms. The van der Waals surface area contributed by atoms with Gasteiger partial charge in [0.25, 0.3) is 0 Å². The van der Waals surface area contributed by atoms with Crippen molar-refractivity contribution in [3.63, 3.8) is 0 Å². The van der Waals surface area contributed by atoms with Crippen LogP contribution in [0.5, 0.6) is 0 Å². The van der Waals surface area contributed by atoms with Crippen LogP contribution in [0.25, 0.3) is 0 Å². The number of aliphatic hydroxyl groups is 1. The predicted octanol–water partition coefficient (Wildman–Crippen LogP) is -0.191. The van der Waals surface area contributed by atoms with Gasteiger partial charge in [-0.15, -0.1) is 0 Å². The minimum absolute atomic E-state index is 0.0981. The summed E-state index contributed by atoms with van der Waals surface area (Å²) in [6.45, 7) is 2.86. The van der Waals surface area contributed by atoms with Crippen LogP contribution in [-0.4, -0.2) is 78.3 Å². The molecule has 2 aliphatic rings. The van der Waals surface area contributed by atoms with Crippen molar-refractivity contribution in [2.75, 3.05) is 40.3 Å². The molecule has 0 aromatic carbocycles. The van der Waals surface area contributed by atoms with Crippen LogP contribution in [0, 0.1) is 0 Å². The van der Waals surface area contributed by atoms with E-state index in [1.807, 2.05) is 4.90 Å². The number of likely N-dealkylation sites (N-methyl/N-ethyl adjacent to an activating group) is 1. The van der Waals surface area contributed by atoms with Crippen LogP contribution in [-0.2, 0) is 0 Å². The molecule has 92 valence electrons. The smallest absolute Gasteiger partial charge is 0.320 e. The molecule has 2 rings (SSSR count). The summed E-state index contributed by atoms with van der Waals surface area (Å²) in [6.07, 6.45) is 1.45. The van der Waals surface area contributed by atoms with Crippen molar-refractivity contribution in [3.8, 4) is 0 Å². The lowest BCUT2D eigenvalue weighted by Gasteiger charge is -2.25. The number of amides is 2. The standard InChI is InChI=1S/C11H21N3O2/c1-12(2)9-3-5-13(7-9)11(16)14-6-4-10(15)8-14/h9-10,15H,3-8H2,1-2H3. The first-order valence-electron chi connectivity index (χ1n) is 5.96. The number of carbonyl (C=O) groups is 1. The topological polar surface area (TPSA) is 47.0 Å². The fraction of sp³-hybridized carbons (Fsp3) is 0.909. The maximum atomic E-state index is 12.1. The second-order valence-corrected chi connectivity index (χ2v) is 5.02. The predicted molar refractivity (Wildman–Crippen MR) is 61.3 cm³/mol. The summed E-state index contributed by atoms with van der Waals surface area (Å²) in [5.41, 5.74) is 0. The van der Waals surface area contributed by atoms with Crippen molar-refractivity contribution < 1.29 is 9.90 Å². The van der Waals surface area contributed by atoms with Crippen LogP contribution >= 0.6 is 0 Å². The Kier molecular flexibility index (Phi) is 3.35. The summed E-state index contributed by atoms with van der Waals surface area (Å²) < 4.78 is 0. The zero-order chi connectivity index (χ0) is 11.7. The fourth-order valence-corrected chi connectivity index (χ4v) is 2.45. The number of carbonyl (C=O) groups excluding carboxylic acids is 1. The molecule has 0 aliphatic carbocycles. The van der Waals surface area contributed by atoms with Gasteiger partial charge in [0.15, 0.2) is 0 Å². The second kappa shape index (κ2) is 4.59. The molecule has 2 atom stereocenters. The number of aliphatic hydroxyl groups excluding tert-OH is 1. The Morgan fingerprint density at radius 3 is 2.31 bits per heavy atom. The van der Waals surface area contributed by atoms with Crippen molar-refractivity contribution in [2.45, 2.75) is 25.0 Å². The number of rotatable bonds is 1. The van der Waals surface area contributed by atoms with E-state index >= 15 is 0 Å². The second-order valence-electron chi connectivity index (χ2n) is 5.02. The van der Waals surface area contributed by atoms with E-state index in [2.05, 4.69) is 19.0 Å². The van der Waals surface area contributed by atoms with Crippen LogP contribution in [0.2, 0.25) is 0 Å². The average Bonchev–Trinajstić information content (AvgIpc) is 2.84. The molecule has 0 saturated carbocycles. The molecule has 2 heterocycles. The van der Waals surface area contributed by atoms with Gasteiger partial charge in [-0.2, -0.15) is 0 Å². The third-order valence-corrected chi connectivity index (χ3v) is 3.60. The van der Waals surface area contributed by atoms with Gasteiger partial charge in [0.05, 0.1) is 6.10 Å². The minimum Gasteiger partial charge on any atom is -0.391 e. The van der Waals surface area contributed by atoms with Crippen molar-refractivity contribution in [3.05, 3.63) is 0 Å². The first-order valence-corrected chi connectivity index (χ1v) is 5.96. The lowest BCUT2D eigenvalue weighted by Crippen LogP contribution is -2.42. The van der Waals surface area contributed by atoms with E-state index in [9.17, 15) is 9.90 Å². The zero-order valence-electron chi connectivity index (χ0n) is 10.1. The van der Waals surface area contributed by atoms with Crippen LogP contribution in [0.4, 0.5) is 4.79 Å². The Hall–Kier alpha value is -0.810. The van der Waals surface area contributed by atoms with Crippen LogP contribution in [0.3, 0.4) is 0 Å². The molecule has 2 saturated heterocycles. The quantitative estimate of drug-likeness (QED) is 0.675. The third-order valence-electron chi connectivity index (χ3n) is 3.60. The van der Waals surface area contributed by atoms with Crippen molar-refractivity contribution >= 4 is 6.03 Å². The number of hydrogen-bond acceptors (Lipinski definition) is 3. The molecule has 5 nitrogen and oxygen atoms in total. The van der Waals surface area contributed by atoms with Crippen molar-refractivity contribution in [1.29, 1.82) is 0 Å². The fourth-order valence-electron chi connectivity index (χ4n) is 2.45. The largest absolute Gasteiger partial charge is 0.391 e. The van der Waals surface area contributed by atoms with Gasteiger partial charge >= 0.3 is 6.03 Å². The number of nitrogens with zero attached hydrogens (tertiary/aromatic N) is 3. The van der Waals surface area contributed by atoms with Gasteiger partial charge in [0.1, 0.15) is 0 Å². The SMILES string of the molecule is CN(C)C1CCN(C(=O)N2CCC(O)C2)C1. The van der Waals surface area contributed by atoms with Gasteiger partial charge in [-0.1, -0.05) is 0 Å². The van der Waals surface area contributed by atoms with Crippen LogP contribution in [0.15, 0.2) is 0 Å². The highest BCUT2D eigenvalue weighted by atomic mass is 16.3. The van der Waals surface area contributed by atoms with E-state index in [0.29, 0.717) is 19.1 Å². The summed E-state index contributed by atoms with van der Waals surface area (Å²) in [4.78, 5) is 17.9. The summed E-state index contributed by atoms with van der Waals surface area (Å²) in [6, 6.07) is 0.581. The lowest BCUT2D eigenvalue weighted by atomic mass is 10.2. The number of urea groups is 1. The molecule has 0 radical (unpaired) electrons. The molecule has 5 heteroatoms. The Morgan fingerprint density at radius 2 is 1.81 bits per heavy atom. The van der Waals surface area contributed by atoms with E-state index in [-0.39, 0.29) is 12.1 Å². The third kappa shape index (κ3) is 2.30. The van der Waals surface area contributed by atoms with Gasteiger partial charge in [-0.25, -0.2) is 4.79 Å². The van der Waals surface area contributed by atoms with E-state index < -0.39 is 0 Å². The molecule has 0 aromatic rings. The normalized spacial score (nSPS) is 30.5. The van der Waals surface area contributed by atoms with Crippen molar-refractivity contribution in [1.82, 2.24) is 14.7 Å². The molecular weight excluding hydrogens is 206 g/mol. The molecule has 2 unspecified atom stereocenters. The van der Waals surface area contributed by atoms with E-state index in [4.69, 9.17) is 0 Å². The Bertz CT molecular complexity index is 270. The molecule has 2 amide bonds. The molecule has 0 aromatic heterocycles. The highest BCUT2D eigenvalue weighted by Crippen LogP contribution is 2.18. The summed E-state index contributed by atoms with van der Waals surface area (Å²) in [7, 11) is 4.11. The minimum atomic E-state index is -0.323. The van der Waals surface area contributed by atoms with Crippen LogP contribution in [0.1, 0.15) is 12.8 Å². The Morgan fingerprint density at radius 1 is 1.19 bits per heavy atom. The molecular formula is C11H21N3O2. The van der Waals surface area contributed by atoms with E-state index in [1.165, 1.54) is 0 Å². The van der Waals surface area contributed by atoms with Gasteiger partial charge in [-0.3, -0.25) is 0 Å². The summed E-state index contributed by atoms with van der Waals surface area (Å²) in [5, 5.41) is 9.41. The lowest BCUT2D eigenvalue weighted by molar-refractivity contribution is 0.151.